The lowest BCUT2D eigenvalue weighted by Crippen LogP contribution is -2.40. The Bertz CT molecular complexity index is 1150. The molecule has 3 amide bonds. The first-order valence-corrected chi connectivity index (χ1v) is 11.7. The van der Waals surface area contributed by atoms with E-state index in [4.69, 9.17) is 4.74 Å². The normalized spacial score (nSPS) is 17.6. The van der Waals surface area contributed by atoms with Gasteiger partial charge < -0.3 is 10.1 Å². The number of nitrogens with zero attached hydrogens (tertiary/aromatic N) is 2. The number of anilines is 2. The fraction of sp³-hybridized carbons (Fsp3) is 0.318. The van der Waals surface area contributed by atoms with Gasteiger partial charge in [0.25, 0.3) is 5.91 Å². The van der Waals surface area contributed by atoms with Gasteiger partial charge in [0.15, 0.2) is 0 Å². The van der Waals surface area contributed by atoms with E-state index < -0.39 is 15.9 Å². The summed E-state index contributed by atoms with van der Waals surface area (Å²) in [7, 11) is -3.69. The van der Waals surface area contributed by atoms with E-state index in [0.29, 0.717) is 35.7 Å². The molecule has 0 unspecified atom stereocenters. The van der Waals surface area contributed by atoms with Gasteiger partial charge in [0.1, 0.15) is 0 Å². The maximum Gasteiger partial charge on any atom is 0.255 e. The second-order valence-electron chi connectivity index (χ2n) is 7.62. The summed E-state index contributed by atoms with van der Waals surface area (Å²) in [5, 5.41) is 2.75. The highest BCUT2D eigenvalue weighted by atomic mass is 32.2. The van der Waals surface area contributed by atoms with Crippen molar-refractivity contribution < 1.29 is 27.5 Å². The number of amides is 3. The quantitative estimate of drug-likeness (QED) is 0.687. The van der Waals surface area contributed by atoms with Crippen LogP contribution in [0, 0.1) is 6.92 Å². The SMILES string of the molecule is Cc1ccc(S(=O)(=O)N2CCOCC2)cc1NC(=O)c1ccc(N2C(=O)CCC2=O)cc1. The van der Waals surface area contributed by atoms with Gasteiger partial charge in [0, 0.05) is 37.2 Å². The molecule has 2 heterocycles. The van der Waals surface area contributed by atoms with Crippen LogP contribution in [0.3, 0.4) is 0 Å². The highest BCUT2D eigenvalue weighted by molar-refractivity contribution is 7.89. The molecule has 2 aliphatic heterocycles. The van der Waals surface area contributed by atoms with Gasteiger partial charge in [0.05, 0.1) is 23.8 Å². The number of carbonyl (C=O) groups excluding carboxylic acids is 3. The van der Waals surface area contributed by atoms with Gasteiger partial charge in [-0.25, -0.2) is 8.42 Å². The Morgan fingerprint density at radius 2 is 1.59 bits per heavy atom. The predicted octanol–water partition coefficient (Wildman–Crippen LogP) is 1.92. The third kappa shape index (κ3) is 4.29. The molecular formula is C22H23N3O6S. The molecule has 2 aromatic rings. The van der Waals surface area contributed by atoms with Gasteiger partial charge in [-0.1, -0.05) is 6.07 Å². The number of aryl methyl sites for hydroxylation is 1. The minimum absolute atomic E-state index is 0.0988. The lowest BCUT2D eigenvalue weighted by atomic mass is 10.1. The topological polar surface area (TPSA) is 113 Å². The first-order chi connectivity index (χ1) is 15.3. The van der Waals surface area contributed by atoms with Crippen molar-refractivity contribution in [3.63, 3.8) is 0 Å². The number of hydrogen-bond acceptors (Lipinski definition) is 6. The summed E-state index contributed by atoms with van der Waals surface area (Å²) in [5.74, 6) is -0.957. The first-order valence-electron chi connectivity index (χ1n) is 10.2. The molecule has 4 rings (SSSR count). The van der Waals surface area contributed by atoms with Gasteiger partial charge in [-0.15, -0.1) is 0 Å². The summed E-state index contributed by atoms with van der Waals surface area (Å²) >= 11 is 0. The Kier molecular flexibility index (Phi) is 6.09. The molecule has 2 aliphatic rings. The molecule has 1 N–H and O–H groups in total. The number of rotatable bonds is 5. The number of ether oxygens (including phenoxy) is 1. The van der Waals surface area contributed by atoms with Crippen LogP contribution in [0.1, 0.15) is 28.8 Å². The van der Waals surface area contributed by atoms with Crippen molar-refractivity contribution in [2.45, 2.75) is 24.7 Å². The largest absolute Gasteiger partial charge is 0.379 e. The van der Waals surface area contributed by atoms with E-state index in [1.54, 1.807) is 25.1 Å². The van der Waals surface area contributed by atoms with Crippen molar-refractivity contribution in [3.8, 4) is 0 Å². The average molecular weight is 458 g/mol. The summed E-state index contributed by atoms with van der Waals surface area (Å²) < 4.78 is 32.4. The van der Waals surface area contributed by atoms with E-state index in [9.17, 15) is 22.8 Å². The van der Waals surface area contributed by atoms with Gasteiger partial charge >= 0.3 is 0 Å². The zero-order valence-corrected chi connectivity index (χ0v) is 18.4. The molecule has 0 atom stereocenters. The lowest BCUT2D eigenvalue weighted by Gasteiger charge is -2.26. The molecule has 2 aromatic carbocycles. The molecule has 10 heteroatoms. The van der Waals surface area contributed by atoms with Crippen molar-refractivity contribution in [1.82, 2.24) is 4.31 Å². The third-order valence-corrected chi connectivity index (χ3v) is 7.40. The Labute approximate surface area is 186 Å². The fourth-order valence-corrected chi connectivity index (χ4v) is 5.09. The second-order valence-corrected chi connectivity index (χ2v) is 9.56. The van der Waals surface area contributed by atoms with Crippen LogP contribution in [0.5, 0.6) is 0 Å². The van der Waals surface area contributed by atoms with Crippen LogP contribution < -0.4 is 10.2 Å². The Morgan fingerprint density at radius 3 is 2.22 bits per heavy atom. The number of benzene rings is 2. The van der Waals surface area contributed by atoms with E-state index in [0.717, 1.165) is 4.90 Å². The van der Waals surface area contributed by atoms with E-state index in [1.807, 2.05) is 0 Å². The maximum atomic E-state index is 12.9. The van der Waals surface area contributed by atoms with Crippen LogP contribution in [0.4, 0.5) is 11.4 Å². The Balaban J connectivity index is 1.52. The highest BCUT2D eigenvalue weighted by Crippen LogP contribution is 2.26. The number of sulfonamides is 1. The molecule has 0 radical (unpaired) electrons. The van der Waals surface area contributed by atoms with Crippen molar-refractivity contribution in [2.24, 2.45) is 0 Å². The summed E-state index contributed by atoms with van der Waals surface area (Å²) in [4.78, 5) is 37.7. The molecule has 0 saturated carbocycles. The molecule has 32 heavy (non-hydrogen) atoms. The smallest absolute Gasteiger partial charge is 0.255 e. The van der Waals surface area contributed by atoms with Gasteiger partial charge in [-0.05, 0) is 48.9 Å². The fourth-order valence-electron chi connectivity index (χ4n) is 3.65. The van der Waals surface area contributed by atoms with Gasteiger partial charge in [-0.2, -0.15) is 4.31 Å². The molecular weight excluding hydrogens is 434 g/mol. The summed E-state index contributed by atoms with van der Waals surface area (Å²) in [6.07, 6.45) is 0.369. The lowest BCUT2D eigenvalue weighted by molar-refractivity contribution is -0.121. The number of imide groups is 1. The van der Waals surface area contributed by atoms with Crippen molar-refractivity contribution in [1.29, 1.82) is 0 Å². The molecule has 2 fully saturated rings. The Hall–Kier alpha value is -3.08. The van der Waals surface area contributed by atoms with Gasteiger partial charge in [-0.3, -0.25) is 19.3 Å². The summed E-state index contributed by atoms with van der Waals surface area (Å²) in [6, 6.07) is 10.8. The number of hydrogen-bond donors (Lipinski definition) is 1. The molecule has 0 aromatic heterocycles. The maximum absolute atomic E-state index is 12.9. The van der Waals surface area contributed by atoms with Crippen LogP contribution in [0.25, 0.3) is 0 Å². The van der Waals surface area contributed by atoms with Crippen LogP contribution in [-0.2, 0) is 24.3 Å². The minimum Gasteiger partial charge on any atom is -0.379 e. The third-order valence-electron chi connectivity index (χ3n) is 5.50. The molecule has 2 saturated heterocycles. The molecule has 0 aliphatic carbocycles. The second kappa shape index (κ2) is 8.81. The van der Waals surface area contributed by atoms with E-state index in [-0.39, 0.29) is 42.6 Å². The molecule has 168 valence electrons. The summed E-state index contributed by atoms with van der Waals surface area (Å²) in [6.45, 7) is 3.03. The summed E-state index contributed by atoms with van der Waals surface area (Å²) in [5.41, 5.74) is 1.83. The monoisotopic (exact) mass is 457 g/mol. The minimum atomic E-state index is -3.69. The Morgan fingerprint density at radius 1 is 0.969 bits per heavy atom. The average Bonchev–Trinajstić information content (AvgIpc) is 3.13. The van der Waals surface area contributed by atoms with Crippen LogP contribution in [-0.4, -0.2) is 56.7 Å². The van der Waals surface area contributed by atoms with E-state index >= 15 is 0 Å². The standard InChI is InChI=1S/C22H23N3O6S/c1-15-2-7-18(32(29,30)24-10-12-31-13-11-24)14-19(15)23-22(28)16-3-5-17(6-4-16)25-20(26)8-9-21(25)27/h2-7,14H,8-13H2,1H3,(H,23,28). The molecule has 0 bridgehead atoms. The van der Waals surface area contributed by atoms with Gasteiger partial charge in [0.2, 0.25) is 21.8 Å². The number of nitrogens with one attached hydrogen (secondary N) is 1. The van der Waals surface area contributed by atoms with Crippen molar-refractivity contribution in [3.05, 3.63) is 53.6 Å². The zero-order valence-electron chi connectivity index (χ0n) is 17.5. The molecule has 9 nitrogen and oxygen atoms in total. The first kappa shape index (κ1) is 22.1. The number of carbonyl (C=O) groups is 3. The van der Waals surface area contributed by atoms with Crippen molar-refractivity contribution in [2.75, 3.05) is 36.5 Å². The molecule has 0 spiro atoms. The zero-order chi connectivity index (χ0) is 22.9. The van der Waals surface area contributed by atoms with E-state index in [2.05, 4.69) is 5.32 Å². The predicted molar refractivity (Wildman–Crippen MR) is 117 cm³/mol. The van der Waals surface area contributed by atoms with Crippen molar-refractivity contribution >= 4 is 39.1 Å². The number of morpholine rings is 1. The van der Waals surface area contributed by atoms with Crippen LogP contribution in [0.2, 0.25) is 0 Å². The van der Waals surface area contributed by atoms with Crippen LogP contribution in [0.15, 0.2) is 47.4 Å². The van der Waals surface area contributed by atoms with E-state index in [1.165, 1.54) is 28.6 Å². The van der Waals surface area contributed by atoms with Crippen LogP contribution >= 0.6 is 0 Å². The highest BCUT2D eigenvalue weighted by Gasteiger charge is 2.30.